The van der Waals surface area contributed by atoms with Crippen LogP contribution in [0.25, 0.3) is 10.8 Å². The van der Waals surface area contributed by atoms with Gasteiger partial charge in [0.2, 0.25) is 0 Å². The third kappa shape index (κ3) is 5.17. The minimum Gasteiger partial charge on any atom is -0.491 e. The summed E-state index contributed by atoms with van der Waals surface area (Å²) in [5, 5.41) is 2.05. The lowest BCUT2D eigenvalue weighted by Gasteiger charge is -2.37. The van der Waals surface area contributed by atoms with Crippen LogP contribution in [0.5, 0.6) is 11.5 Å². The van der Waals surface area contributed by atoms with E-state index in [0.29, 0.717) is 13.2 Å². The number of benzene rings is 4. The van der Waals surface area contributed by atoms with Gasteiger partial charge in [-0.25, -0.2) is 0 Å². The molecule has 1 atom stereocenters. The molecule has 4 aromatic rings. The van der Waals surface area contributed by atoms with E-state index in [4.69, 9.17) is 9.47 Å². The number of carbonyl (C=O) groups excluding carboxylic acids is 1. The average molecular weight is 466 g/mol. The molecule has 0 spiro atoms. The van der Waals surface area contributed by atoms with Crippen LogP contribution in [0.2, 0.25) is 0 Å². The van der Waals surface area contributed by atoms with Gasteiger partial charge in [-0.2, -0.15) is 0 Å². The van der Waals surface area contributed by atoms with E-state index in [1.807, 2.05) is 98.5 Å². The first-order chi connectivity index (χ1) is 16.9. The van der Waals surface area contributed by atoms with Crippen molar-refractivity contribution in [2.75, 3.05) is 6.61 Å². The molecule has 4 aromatic carbocycles. The van der Waals surface area contributed by atoms with Gasteiger partial charge in [0.05, 0.1) is 6.04 Å². The van der Waals surface area contributed by atoms with Gasteiger partial charge in [0.1, 0.15) is 23.7 Å². The summed E-state index contributed by atoms with van der Waals surface area (Å²) in [7, 11) is 0. The van der Waals surface area contributed by atoms with E-state index in [2.05, 4.69) is 18.2 Å². The SMILES string of the molecule is CC(C)(C)Oc1ccc(OC[C@H]2Cc3ccccc3CN2C(=O)c2cccc3ccccc23)cc1. The van der Waals surface area contributed by atoms with E-state index in [1.165, 1.54) is 11.1 Å². The number of carbonyl (C=O) groups is 1. The highest BCUT2D eigenvalue weighted by molar-refractivity contribution is 6.07. The van der Waals surface area contributed by atoms with Crippen molar-refractivity contribution in [1.29, 1.82) is 0 Å². The van der Waals surface area contributed by atoms with Crippen molar-refractivity contribution in [1.82, 2.24) is 4.90 Å². The number of nitrogens with zero attached hydrogens (tertiary/aromatic N) is 1. The Morgan fingerprint density at radius 3 is 2.26 bits per heavy atom. The molecular weight excluding hydrogens is 434 g/mol. The van der Waals surface area contributed by atoms with E-state index < -0.39 is 0 Å². The van der Waals surface area contributed by atoms with Crippen LogP contribution in [0.3, 0.4) is 0 Å². The lowest BCUT2D eigenvalue weighted by molar-refractivity contribution is 0.0568. The standard InChI is InChI=1S/C31H31NO3/c1-31(2,3)35-27-17-15-26(16-18-27)34-21-25-19-23-10-4-5-11-24(23)20-32(25)30(33)29-14-8-12-22-9-6-7-13-28(22)29/h4-18,25H,19-21H2,1-3H3/t25-/m1/s1. The van der Waals surface area contributed by atoms with E-state index in [9.17, 15) is 4.79 Å². The Balaban J connectivity index is 1.39. The van der Waals surface area contributed by atoms with Crippen LogP contribution in [-0.4, -0.2) is 29.1 Å². The van der Waals surface area contributed by atoms with Crippen LogP contribution < -0.4 is 9.47 Å². The summed E-state index contributed by atoms with van der Waals surface area (Å²) in [6, 6.07) is 30.0. The molecule has 0 fully saturated rings. The fourth-order valence-electron chi connectivity index (χ4n) is 4.69. The summed E-state index contributed by atoms with van der Waals surface area (Å²) in [5.41, 5.74) is 2.95. The first-order valence-electron chi connectivity index (χ1n) is 12.1. The lowest BCUT2D eigenvalue weighted by Crippen LogP contribution is -2.47. The monoisotopic (exact) mass is 465 g/mol. The second-order valence-corrected chi connectivity index (χ2v) is 10.1. The zero-order valence-electron chi connectivity index (χ0n) is 20.5. The van der Waals surface area contributed by atoms with Crippen LogP contribution in [0.4, 0.5) is 0 Å². The zero-order valence-corrected chi connectivity index (χ0v) is 20.5. The van der Waals surface area contributed by atoms with Crippen molar-refractivity contribution in [3.63, 3.8) is 0 Å². The number of hydrogen-bond acceptors (Lipinski definition) is 3. The molecule has 4 heteroatoms. The quantitative estimate of drug-likeness (QED) is 0.331. The highest BCUT2D eigenvalue weighted by Gasteiger charge is 2.31. The highest BCUT2D eigenvalue weighted by Crippen LogP contribution is 2.29. The number of rotatable bonds is 5. The molecule has 0 aliphatic carbocycles. The first kappa shape index (κ1) is 23.0. The maximum atomic E-state index is 13.9. The molecule has 0 radical (unpaired) electrons. The van der Waals surface area contributed by atoms with Crippen LogP contribution in [0, 0.1) is 0 Å². The van der Waals surface area contributed by atoms with Gasteiger partial charge in [0, 0.05) is 12.1 Å². The van der Waals surface area contributed by atoms with Gasteiger partial charge in [-0.05, 0) is 79.4 Å². The van der Waals surface area contributed by atoms with Crippen molar-refractivity contribution < 1.29 is 14.3 Å². The molecule has 0 saturated heterocycles. The number of ether oxygens (including phenoxy) is 2. The molecule has 0 bridgehead atoms. The minimum absolute atomic E-state index is 0.0406. The van der Waals surface area contributed by atoms with E-state index >= 15 is 0 Å². The topological polar surface area (TPSA) is 38.8 Å². The van der Waals surface area contributed by atoms with Crippen molar-refractivity contribution in [3.05, 3.63) is 108 Å². The molecule has 0 saturated carbocycles. The molecule has 0 unspecified atom stereocenters. The summed E-state index contributed by atoms with van der Waals surface area (Å²) >= 11 is 0. The Morgan fingerprint density at radius 2 is 1.49 bits per heavy atom. The summed E-state index contributed by atoms with van der Waals surface area (Å²) in [6.45, 7) is 7.08. The summed E-state index contributed by atoms with van der Waals surface area (Å²) < 4.78 is 12.1. The highest BCUT2D eigenvalue weighted by atomic mass is 16.5. The number of amides is 1. The van der Waals surface area contributed by atoms with Crippen LogP contribution in [0.1, 0.15) is 42.3 Å². The molecule has 1 heterocycles. The van der Waals surface area contributed by atoms with Crippen LogP contribution in [-0.2, 0) is 13.0 Å². The van der Waals surface area contributed by atoms with Crippen molar-refractivity contribution in [3.8, 4) is 11.5 Å². The van der Waals surface area contributed by atoms with Gasteiger partial charge < -0.3 is 14.4 Å². The summed E-state index contributed by atoms with van der Waals surface area (Å²) in [4.78, 5) is 15.8. The van der Waals surface area contributed by atoms with E-state index in [0.717, 1.165) is 34.3 Å². The molecule has 1 amide bonds. The fraction of sp³-hybridized carbons (Fsp3) is 0.258. The van der Waals surface area contributed by atoms with Crippen molar-refractivity contribution in [2.45, 2.75) is 45.4 Å². The largest absolute Gasteiger partial charge is 0.491 e. The Kier molecular flexibility index (Phi) is 6.21. The number of fused-ring (bicyclic) bond motifs is 2. The lowest BCUT2D eigenvalue weighted by atomic mass is 9.93. The predicted octanol–water partition coefficient (Wildman–Crippen LogP) is 6.66. The van der Waals surface area contributed by atoms with Crippen LogP contribution in [0.15, 0.2) is 91.0 Å². The Morgan fingerprint density at radius 1 is 0.829 bits per heavy atom. The zero-order chi connectivity index (χ0) is 24.4. The normalized spacial score (nSPS) is 15.5. The fourth-order valence-corrected chi connectivity index (χ4v) is 4.69. The molecular formula is C31H31NO3. The molecule has 1 aliphatic heterocycles. The van der Waals surface area contributed by atoms with E-state index in [1.54, 1.807) is 0 Å². The van der Waals surface area contributed by atoms with Gasteiger partial charge in [-0.15, -0.1) is 0 Å². The Bertz CT molecular complexity index is 1330. The van der Waals surface area contributed by atoms with Gasteiger partial charge in [0.15, 0.2) is 0 Å². The van der Waals surface area contributed by atoms with Crippen molar-refractivity contribution in [2.24, 2.45) is 0 Å². The minimum atomic E-state index is -0.250. The number of hydrogen-bond donors (Lipinski definition) is 0. The third-order valence-corrected chi connectivity index (χ3v) is 6.33. The second-order valence-electron chi connectivity index (χ2n) is 10.1. The van der Waals surface area contributed by atoms with Gasteiger partial charge in [-0.3, -0.25) is 4.79 Å². The first-order valence-corrected chi connectivity index (χ1v) is 12.1. The molecule has 0 N–H and O–H groups in total. The molecule has 35 heavy (non-hydrogen) atoms. The van der Waals surface area contributed by atoms with Gasteiger partial charge in [0.25, 0.3) is 5.91 Å². The van der Waals surface area contributed by atoms with Gasteiger partial charge in [-0.1, -0.05) is 60.7 Å². The Labute approximate surface area is 207 Å². The molecule has 1 aliphatic rings. The molecule has 0 aromatic heterocycles. The van der Waals surface area contributed by atoms with Crippen molar-refractivity contribution >= 4 is 16.7 Å². The maximum Gasteiger partial charge on any atom is 0.255 e. The smallest absolute Gasteiger partial charge is 0.255 e. The van der Waals surface area contributed by atoms with Gasteiger partial charge >= 0.3 is 0 Å². The van der Waals surface area contributed by atoms with E-state index in [-0.39, 0.29) is 17.6 Å². The predicted molar refractivity (Wildman–Crippen MR) is 140 cm³/mol. The molecule has 5 rings (SSSR count). The van der Waals surface area contributed by atoms with Crippen LogP contribution >= 0.6 is 0 Å². The summed E-state index contributed by atoms with van der Waals surface area (Å²) in [5.74, 6) is 1.62. The maximum absolute atomic E-state index is 13.9. The Hall–Kier alpha value is -3.79. The average Bonchev–Trinajstić information content (AvgIpc) is 2.86. The second kappa shape index (κ2) is 9.46. The summed E-state index contributed by atoms with van der Waals surface area (Å²) in [6.07, 6.45) is 0.762. The molecule has 4 nitrogen and oxygen atoms in total. The third-order valence-electron chi connectivity index (χ3n) is 6.33. The molecule has 178 valence electrons.